The lowest BCUT2D eigenvalue weighted by Crippen LogP contribution is -2.50. The predicted octanol–water partition coefficient (Wildman–Crippen LogP) is 5.57. The molecule has 4 aromatic carbocycles. The summed E-state index contributed by atoms with van der Waals surface area (Å²) in [5.41, 5.74) is 1.69. The summed E-state index contributed by atoms with van der Waals surface area (Å²) in [5.74, 6) is 0. The molecule has 0 bridgehead atoms. The summed E-state index contributed by atoms with van der Waals surface area (Å²) in [7, 11) is -3.66. The SMILES string of the molecule is CC(C)(C)OC(=O)N1CCN(c2ccc(CCNS(=O)(=O)c3cccc4ccccc34)c3ccccc23)CC1. The molecule has 1 aliphatic heterocycles. The minimum absolute atomic E-state index is 0.270. The molecule has 1 saturated heterocycles. The standard InChI is InChI=1S/C31H35N3O4S/c1-31(2,3)38-30(35)34-21-19-33(20-22-34)28-16-15-24(25-11-6-7-13-27(25)28)17-18-32-39(36,37)29-14-8-10-23-9-4-5-12-26(23)29/h4-16,32H,17-22H2,1-3H3. The summed E-state index contributed by atoms with van der Waals surface area (Å²) in [6, 6.07) is 25.3. The fraction of sp³-hybridized carbons (Fsp3) is 0.323. The van der Waals surface area contributed by atoms with Crippen molar-refractivity contribution in [3.63, 3.8) is 0 Å². The number of carbonyl (C=O) groups is 1. The molecule has 0 saturated carbocycles. The van der Waals surface area contributed by atoms with Crippen molar-refractivity contribution in [3.05, 3.63) is 84.4 Å². The van der Waals surface area contributed by atoms with Gasteiger partial charge in [0.15, 0.2) is 0 Å². The van der Waals surface area contributed by atoms with Crippen molar-refractivity contribution in [2.24, 2.45) is 0 Å². The highest BCUT2D eigenvalue weighted by molar-refractivity contribution is 7.89. The second kappa shape index (κ2) is 10.9. The Kier molecular flexibility index (Phi) is 7.51. The number of nitrogens with one attached hydrogen (secondary N) is 1. The molecular weight excluding hydrogens is 510 g/mol. The Morgan fingerprint density at radius 1 is 0.821 bits per heavy atom. The number of ether oxygens (including phenoxy) is 1. The summed E-state index contributed by atoms with van der Waals surface area (Å²) in [6.07, 6.45) is 0.297. The summed E-state index contributed by atoms with van der Waals surface area (Å²) in [6.45, 7) is 8.56. The van der Waals surface area contributed by atoms with Crippen molar-refractivity contribution in [1.82, 2.24) is 9.62 Å². The first-order valence-corrected chi connectivity index (χ1v) is 14.8. The first-order chi connectivity index (χ1) is 18.6. The maximum absolute atomic E-state index is 13.2. The summed E-state index contributed by atoms with van der Waals surface area (Å²) in [5, 5.41) is 3.84. The molecule has 1 heterocycles. The zero-order valence-corrected chi connectivity index (χ0v) is 23.5. The van der Waals surface area contributed by atoms with E-state index >= 15 is 0 Å². The van der Waals surface area contributed by atoms with Gasteiger partial charge in [0.05, 0.1) is 4.90 Å². The highest BCUT2D eigenvalue weighted by Crippen LogP contribution is 2.31. The molecular formula is C31H35N3O4S. The number of hydrogen-bond acceptors (Lipinski definition) is 5. The molecule has 7 nitrogen and oxygen atoms in total. The van der Waals surface area contributed by atoms with E-state index in [0.717, 1.165) is 27.4 Å². The highest BCUT2D eigenvalue weighted by atomic mass is 32.2. The van der Waals surface area contributed by atoms with E-state index in [0.29, 0.717) is 49.4 Å². The zero-order chi connectivity index (χ0) is 27.6. The molecule has 1 N–H and O–H groups in total. The Hall–Kier alpha value is -3.62. The van der Waals surface area contributed by atoms with Crippen molar-refractivity contribution < 1.29 is 17.9 Å². The highest BCUT2D eigenvalue weighted by Gasteiger charge is 2.26. The van der Waals surface area contributed by atoms with Crippen molar-refractivity contribution in [2.75, 3.05) is 37.6 Å². The minimum Gasteiger partial charge on any atom is -0.444 e. The minimum atomic E-state index is -3.66. The first-order valence-electron chi connectivity index (χ1n) is 13.3. The average Bonchev–Trinajstić information content (AvgIpc) is 2.92. The van der Waals surface area contributed by atoms with Crippen LogP contribution in [0, 0.1) is 0 Å². The average molecular weight is 546 g/mol. The van der Waals surface area contributed by atoms with Gasteiger partial charge in [-0.25, -0.2) is 17.9 Å². The third-order valence-electron chi connectivity index (χ3n) is 6.99. The van der Waals surface area contributed by atoms with E-state index in [1.807, 2.05) is 63.2 Å². The van der Waals surface area contributed by atoms with Crippen LogP contribution >= 0.6 is 0 Å². The number of benzene rings is 4. The number of fused-ring (bicyclic) bond motifs is 2. The molecule has 204 valence electrons. The number of anilines is 1. The molecule has 0 aliphatic carbocycles. The normalized spacial score (nSPS) is 14.6. The van der Waals surface area contributed by atoms with Crippen molar-refractivity contribution in [3.8, 4) is 0 Å². The van der Waals surface area contributed by atoms with E-state index in [1.54, 1.807) is 17.0 Å². The van der Waals surface area contributed by atoms with Gasteiger partial charge in [0.25, 0.3) is 0 Å². The summed E-state index contributed by atoms with van der Waals surface area (Å²) >= 11 is 0. The smallest absolute Gasteiger partial charge is 0.410 e. The fourth-order valence-electron chi connectivity index (χ4n) is 5.12. The summed E-state index contributed by atoms with van der Waals surface area (Å²) in [4.78, 5) is 16.8. The van der Waals surface area contributed by atoms with Crippen LogP contribution in [0.4, 0.5) is 10.5 Å². The zero-order valence-electron chi connectivity index (χ0n) is 22.7. The lowest BCUT2D eigenvalue weighted by Gasteiger charge is -2.37. The van der Waals surface area contributed by atoms with Gasteiger partial charge in [-0.1, -0.05) is 66.7 Å². The molecule has 5 rings (SSSR count). The maximum Gasteiger partial charge on any atom is 0.410 e. The van der Waals surface area contributed by atoms with Crippen LogP contribution in [0.5, 0.6) is 0 Å². The van der Waals surface area contributed by atoms with Crippen LogP contribution in [0.2, 0.25) is 0 Å². The van der Waals surface area contributed by atoms with Crippen molar-refractivity contribution in [1.29, 1.82) is 0 Å². The predicted molar refractivity (Wildman–Crippen MR) is 157 cm³/mol. The molecule has 4 aromatic rings. The van der Waals surface area contributed by atoms with E-state index < -0.39 is 15.6 Å². The van der Waals surface area contributed by atoms with Crippen LogP contribution in [0.1, 0.15) is 26.3 Å². The molecule has 39 heavy (non-hydrogen) atoms. The molecule has 0 atom stereocenters. The van der Waals surface area contributed by atoms with Crippen LogP contribution in [0.3, 0.4) is 0 Å². The molecule has 0 radical (unpaired) electrons. The number of carbonyl (C=O) groups excluding carboxylic acids is 1. The Balaban J connectivity index is 1.29. The molecule has 1 aliphatic rings. The lowest BCUT2D eigenvalue weighted by molar-refractivity contribution is 0.0240. The van der Waals surface area contributed by atoms with Crippen LogP contribution < -0.4 is 9.62 Å². The largest absolute Gasteiger partial charge is 0.444 e. The Morgan fingerprint density at radius 3 is 2.18 bits per heavy atom. The van der Waals surface area contributed by atoms with Gasteiger partial charge in [-0.3, -0.25) is 0 Å². The lowest BCUT2D eigenvalue weighted by atomic mass is 10.00. The monoisotopic (exact) mass is 545 g/mol. The van der Waals surface area contributed by atoms with Crippen molar-refractivity contribution >= 4 is 43.3 Å². The van der Waals surface area contributed by atoms with E-state index in [1.165, 1.54) is 0 Å². The number of nitrogens with zero attached hydrogens (tertiary/aromatic N) is 2. The van der Waals surface area contributed by atoms with Gasteiger partial charge in [-0.15, -0.1) is 0 Å². The van der Waals surface area contributed by atoms with E-state index in [2.05, 4.69) is 33.9 Å². The van der Waals surface area contributed by atoms with Crippen LogP contribution in [-0.4, -0.2) is 57.7 Å². The topological polar surface area (TPSA) is 79.0 Å². The Bertz CT molecular complexity index is 1600. The number of hydrogen-bond donors (Lipinski definition) is 1. The second-order valence-corrected chi connectivity index (χ2v) is 12.6. The van der Waals surface area contributed by atoms with Crippen LogP contribution in [0.25, 0.3) is 21.5 Å². The van der Waals surface area contributed by atoms with Gasteiger partial charge in [-0.05, 0) is 55.7 Å². The van der Waals surface area contributed by atoms with Gasteiger partial charge in [0.1, 0.15) is 5.60 Å². The van der Waals surface area contributed by atoms with Crippen LogP contribution in [0.15, 0.2) is 83.8 Å². The van der Waals surface area contributed by atoms with E-state index in [9.17, 15) is 13.2 Å². The molecule has 0 unspecified atom stereocenters. The van der Waals surface area contributed by atoms with Gasteiger partial charge in [0.2, 0.25) is 10.0 Å². The Labute approximate surface area is 230 Å². The third kappa shape index (κ3) is 6.02. The van der Waals surface area contributed by atoms with Gasteiger partial charge < -0.3 is 14.5 Å². The second-order valence-electron chi connectivity index (χ2n) is 10.9. The molecule has 0 aromatic heterocycles. The van der Waals surface area contributed by atoms with E-state index in [-0.39, 0.29) is 6.09 Å². The van der Waals surface area contributed by atoms with Gasteiger partial charge >= 0.3 is 6.09 Å². The van der Waals surface area contributed by atoms with Gasteiger partial charge in [0, 0.05) is 49.2 Å². The summed E-state index contributed by atoms with van der Waals surface area (Å²) < 4.78 is 34.7. The third-order valence-corrected chi connectivity index (χ3v) is 8.51. The van der Waals surface area contributed by atoms with Gasteiger partial charge in [-0.2, -0.15) is 0 Å². The van der Waals surface area contributed by atoms with Crippen LogP contribution in [-0.2, 0) is 21.2 Å². The number of piperazine rings is 1. The number of rotatable bonds is 6. The number of amides is 1. The molecule has 1 amide bonds. The molecule has 1 fully saturated rings. The quantitative estimate of drug-likeness (QED) is 0.343. The fourth-order valence-corrected chi connectivity index (χ4v) is 6.38. The molecule has 8 heteroatoms. The molecule has 0 spiro atoms. The Morgan fingerprint density at radius 2 is 1.46 bits per heavy atom. The first kappa shape index (κ1) is 27.0. The maximum atomic E-state index is 13.2. The van der Waals surface area contributed by atoms with E-state index in [4.69, 9.17) is 4.74 Å². The number of sulfonamides is 1. The van der Waals surface area contributed by atoms with Crippen molar-refractivity contribution in [2.45, 2.75) is 37.7 Å².